The maximum absolute atomic E-state index is 12.4. The molecule has 0 bridgehead atoms. The number of rotatable bonds is 5. The van der Waals surface area contributed by atoms with Gasteiger partial charge in [-0.15, -0.1) is 0 Å². The van der Waals surface area contributed by atoms with E-state index in [2.05, 4.69) is 20.3 Å². The van der Waals surface area contributed by atoms with Crippen molar-refractivity contribution in [1.82, 2.24) is 20.3 Å². The van der Waals surface area contributed by atoms with Crippen LogP contribution < -0.4 is 15.6 Å². The summed E-state index contributed by atoms with van der Waals surface area (Å²) in [5.74, 6) is 0.900. The molecule has 2 atom stereocenters. The van der Waals surface area contributed by atoms with Gasteiger partial charge in [0.15, 0.2) is 0 Å². The van der Waals surface area contributed by atoms with E-state index in [1.54, 1.807) is 13.1 Å². The summed E-state index contributed by atoms with van der Waals surface area (Å²) in [6, 6.07) is 3.51. The van der Waals surface area contributed by atoms with Gasteiger partial charge in [0.1, 0.15) is 17.7 Å². The number of hydrogen-bond acceptors (Lipinski definition) is 6. The summed E-state index contributed by atoms with van der Waals surface area (Å²) in [4.78, 5) is 35.1. The number of hydrogen-bond donors (Lipinski definition) is 2. The first kappa shape index (κ1) is 18.1. The van der Waals surface area contributed by atoms with Crippen LogP contribution in [0.1, 0.15) is 23.5 Å². The van der Waals surface area contributed by atoms with Crippen LogP contribution in [0.3, 0.4) is 0 Å². The van der Waals surface area contributed by atoms with Crippen molar-refractivity contribution in [1.29, 1.82) is 0 Å². The van der Waals surface area contributed by atoms with E-state index in [1.165, 1.54) is 6.20 Å². The number of H-pyrrole nitrogens is 1. The van der Waals surface area contributed by atoms with Crippen molar-refractivity contribution in [2.45, 2.75) is 38.8 Å². The molecule has 8 nitrogen and oxygen atoms in total. The second-order valence-corrected chi connectivity index (χ2v) is 6.33. The van der Waals surface area contributed by atoms with Crippen LogP contribution in [-0.4, -0.2) is 46.2 Å². The molecule has 1 aliphatic rings. The van der Waals surface area contributed by atoms with Gasteiger partial charge in [-0.05, 0) is 32.4 Å². The molecular formula is C18H22N4O4. The van der Waals surface area contributed by atoms with Crippen molar-refractivity contribution < 1.29 is 14.3 Å². The molecule has 2 N–H and O–H groups in total. The number of aryl methyl sites for hydroxylation is 2. The molecule has 1 amide bonds. The number of aromatic amines is 1. The van der Waals surface area contributed by atoms with Gasteiger partial charge in [0, 0.05) is 24.1 Å². The lowest BCUT2D eigenvalue weighted by atomic mass is 10.1. The van der Waals surface area contributed by atoms with Gasteiger partial charge in [0.25, 0.3) is 5.56 Å². The number of carbonyl (C=O) groups is 1. The van der Waals surface area contributed by atoms with E-state index in [-0.39, 0.29) is 30.0 Å². The number of pyridine rings is 1. The number of aromatic nitrogens is 3. The van der Waals surface area contributed by atoms with E-state index in [0.29, 0.717) is 36.8 Å². The predicted octanol–water partition coefficient (Wildman–Crippen LogP) is 0.677. The summed E-state index contributed by atoms with van der Waals surface area (Å²) in [5, 5.41) is 2.95. The Hall–Kier alpha value is -2.74. The number of carbonyl (C=O) groups excluding carboxylic acids is 1. The summed E-state index contributed by atoms with van der Waals surface area (Å²) in [6.07, 6.45) is 3.38. The van der Waals surface area contributed by atoms with Gasteiger partial charge in [0.2, 0.25) is 5.91 Å². The minimum atomic E-state index is -0.313. The lowest BCUT2D eigenvalue weighted by molar-refractivity contribution is -0.123. The van der Waals surface area contributed by atoms with Crippen LogP contribution in [-0.2, 0) is 16.0 Å². The van der Waals surface area contributed by atoms with Crippen LogP contribution in [0, 0.1) is 13.8 Å². The standard InChI is InChI=1S/C18H22N4O4/c1-11-3-4-14(9-19-11)26-16-10-25-6-5-15(16)22-17(23)7-13-8-20-12(2)21-18(13)24/h3-4,8-9,15-16H,5-7,10H2,1-2H3,(H,22,23)(H,20,21,24)/t15-,16+/m0/s1. The Labute approximate surface area is 151 Å². The number of amides is 1. The summed E-state index contributed by atoms with van der Waals surface area (Å²) in [5.41, 5.74) is 0.942. The van der Waals surface area contributed by atoms with Crippen LogP contribution in [0.2, 0.25) is 0 Å². The molecule has 0 unspecified atom stereocenters. The second-order valence-electron chi connectivity index (χ2n) is 6.33. The third-order valence-electron chi connectivity index (χ3n) is 4.17. The predicted molar refractivity (Wildman–Crippen MR) is 94.1 cm³/mol. The molecule has 1 aliphatic heterocycles. The zero-order chi connectivity index (χ0) is 18.5. The molecule has 2 aromatic heterocycles. The normalized spacial score (nSPS) is 19.8. The molecule has 0 spiro atoms. The highest BCUT2D eigenvalue weighted by molar-refractivity contribution is 5.78. The highest BCUT2D eigenvalue weighted by Crippen LogP contribution is 2.17. The fourth-order valence-corrected chi connectivity index (χ4v) is 2.76. The van der Waals surface area contributed by atoms with Crippen molar-refractivity contribution in [2.24, 2.45) is 0 Å². The SMILES string of the molecule is Cc1ccc(O[C@@H]2COCC[C@@H]2NC(=O)Cc2cnc(C)[nH]c2=O)cn1. The molecule has 138 valence electrons. The van der Waals surface area contributed by atoms with Crippen molar-refractivity contribution in [3.63, 3.8) is 0 Å². The smallest absolute Gasteiger partial charge is 0.254 e. The Bertz CT molecular complexity index is 819. The van der Waals surface area contributed by atoms with Gasteiger partial charge in [-0.3, -0.25) is 14.6 Å². The zero-order valence-corrected chi connectivity index (χ0v) is 14.8. The maximum Gasteiger partial charge on any atom is 0.254 e. The largest absolute Gasteiger partial charge is 0.484 e. The molecule has 1 saturated heterocycles. The molecular weight excluding hydrogens is 336 g/mol. The van der Waals surface area contributed by atoms with E-state index in [1.807, 2.05) is 19.1 Å². The van der Waals surface area contributed by atoms with Gasteiger partial charge in [0.05, 0.1) is 25.3 Å². The van der Waals surface area contributed by atoms with Gasteiger partial charge in [-0.1, -0.05) is 0 Å². The van der Waals surface area contributed by atoms with Gasteiger partial charge in [-0.25, -0.2) is 4.98 Å². The Balaban J connectivity index is 1.63. The minimum absolute atomic E-state index is 0.0290. The van der Waals surface area contributed by atoms with E-state index in [4.69, 9.17) is 9.47 Å². The Kier molecular flexibility index (Phi) is 5.62. The van der Waals surface area contributed by atoms with Gasteiger partial charge < -0.3 is 19.8 Å². The molecule has 0 saturated carbocycles. The second kappa shape index (κ2) is 8.09. The van der Waals surface area contributed by atoms with E-state index >= 15 is 0 Å². The Morgan fingerprint density at radius 3 is 2.92 bits per heavy atom. The average molecular weight is 358 g/mol. The molecule has 0 aliphatic carbocycles. The third kappa shape index (κ3) is 4.66. The highest BCUT2D eigenvalue weighted by atomic mass is 16.5. The monoisotopic (exact) mass is 358 g/mol. The average Bonchev–Trinajstić information content (AvgIpc) is 2.61. The summed E-state index contributed by atoms with van der Waals surface area (Å²) in [7, 11) is 0. The summed E-state index contributed by atoms with van der Waals surface area (Å²) < 4.78 is 11.4. The first-order chi connectivity index (χ1) is 12.5. The van der Waals surface area contributed by atoms with Crippen LogP contribution in [0.15, 0.2) is 29.3 Å². The zero-order valence-electron chi connectivity index (χ0n) is 14.8. The number of nitrogens with zero attached hydrogens (tertiary/aromatic N) is 2. The quantitative estimate of drug-likeness (QED) is 0.814. The van der Waals surface area contributed by atoms with E-state index in [9.17, 15) is 9.59 Å². The lowest BCUT2D eigenvalue weighted by Crippen LogP contribution is -2.51. The van der Waals surface area contributed by atoms with Gasteiger partial charge >= 0.3 is 0 Å². The molecule has 3 rings (SSSR count). The van der Waals surface area contributed by atoms with Crippen molar-refractivity contribution in [2.75, 3.05) is 13.2 Å². The molecule has 1 fully saturated rings. The van der Waals surface area contributed by atoms with E-state index in [0.717, 1.165) is 5.69 Å². The molecule has 3 heterocycles. The number of ether oxygens (including phenoxy) is 2. The molecule has 8 heteroatoms. The number of nitrogens with one attached hydrogen (secondary N) is 2. The summed E-state index contributed by atoms with van der Waals surface area (Å²) in [6.45, 7) is 4.52. The molecule has 2 aromatic rings. The molecule has 0 radical (unpaired) electrons. The maximum atomic E-state index is 12.4. The van der Waals surface area contributed by atoms with Crippen LogP contribution in [0.5, 0.6) is 5.75 Å². The fraction of sp³-hybridized carbons (Fsp3) is 0.444. The Morgan fingerprint density at radius 2 is 2.19 bits per heavy atom. The topological polar surface area (TPSA) is 106 Å². The first-order valence-corrected chi connectivity index (χ1v) is 8.52. The lowest BCUT2D eigenvalue weighted by Gasteiger charge is -2.32. The van der Waals surface area contributed by atoms with Crippen LogP contribution in [0.4, 0.5) is 0 Å². The van der Waals surface area contributed by atoms with Crippen molar-refractivity contribution in [3.05, 3.63) is 52.0 Å². The summed E-state index contributed by atoms with van der Waals surface area (Å²) >= 11 is 0. The molecule has 0 aromatic carbocycles. The third-order valence-corrected chi connectivity index (χ3v) is 4.17. The highest BCUT2D eigenvalue weighted by Gasteiger charge is 2.29. The minimum Gasteiger partial charge on any atom is -0.484 e. The van der Waals surface area contributed by atoms with Crippen LogP contribution >= 0.6 is 0 Å². The molecule has 26 heavy (non-hydrogen) atoms. The van der Waals surface area contributed by atoms with E-state index < -0.39 is 0 Å². The van der Waals surface area contributed by atoms with Crippen LogP contribution in [0.25, 0.3) is 0 Å². The van der Waals surface area contributed by atoms with Gasteiger partial charge in [-0.2, -0.15) is 0 Å². The van der Waals surface area contributed by atoms with Crippen molar-refractivity contribution in [3.8, 4) is 5.75 Å². The fourth-order valence-electron chi connectivity index (χ4n) is 2.76. The Morgan fingerprint density at radius 1 is 1.35 bits per heavy atom. The first-order valence-electron chi connectivity index (χ1n) is 8.52. The van der Waals surface area contributed by atoms with Crippen molar-refractivity contribution >= 4 is 5.91 Å².